The molecule has 0 fully saturated rings. The fourth-order valence-electron chi connectivity index (χ4n) is 7.40. The van der Waals surface area contributed by atoms with Crippen molar-refractivity contribution in [3.63, 3.8) is 0 Å². The monoisotopic (exact) mass is 596 g/mol. The Balaban J connectivity index is 1.54. The van der Waals surface area contributed by atoms with Crippen LogP contribution in [0, 0.1) is 11.8 Å². The van der Waals surface area contributed by atoms with Crippen LogP contribution in [0.25, 0.3) is 21.5 Å². The molecule has 0 radical (unpaired) electrons. The Labute approximate surface area is 274 Å². The highest BCUT2D eigenvalue weighted by Crippen LogP contribution is 2.28. The van der Waals surface area contributed by atoms with Crippen LogP contribution in [0.2, 0.25) is 0 Å². The van der Waals surface area contributed by atoms with Gasteiger partial charge in [-0.05, 0) is 113 Å². The molecule has 0 amide bonds. The second-order valence-corrected chi connectivity index (χ2v) is 13.7. The molecule has 0 heterocycles. The number of hydrogen-bond acceptors (Lipinski definition) is 0. The van der Waals surface area contributed by atoms with Gasteiger partial charge in [0.15, 0.2) is 0 Å². The molecular weight excluding hydrogens is 540 g/mol. The van der Waals surface area contributed by atoms with Crippen molar-refractivity contribution in [1.29, 1.82) is 0 Å². The number of hydrogen-bond donors (Lipinski definition) is 0. The SMILES string of the molecule is CCC(C)CC1CCCc2cccc3ccccc4cccc5c(cccc4ccc3cccc2CCC1)CCCCCCC5. The molecule has 2 atom stereocenters. The van der Waals surface area contributed by atoms with Gasteiger partial charge in [0.1, 0.15) is 0 Å². The first kappa shape index (κ1) is 33.0. The predicted molar refractivity (Wildman–Crippen MR) is 198 cm³/mol. The summed E-state index contributed by atoms with van der Waals surface area (Å²) >= 11 is 0. The number of rotatable bonds is 3. The van der Waals surface area contributed by atoms with E-state index in [-0.39, 0.29) is 0 Å². The zero-order chi connectivity index (χ0) is 31.1. The number of aryl methyl sites for hydroxylation is 4. The third-order valence-electron chi connectivity index (χ3n) is 10.3. The lowest BCUT2D eigenvalue weighted by Crippen LogP contribution is -2.06. The van der Waals surface area contributed by atoms with Gasteiger partial charge in [-0.2, -0.15) is 0 Å². The van der Waals surface area contributed by atoms with Crippen molar-refractivity contribution in [3.8, 4) is 0 Å². The minimum atomic E-state index is 0.850. The Morgan fingerprint density at radius 1 is 0.444 bits per heavy atom. The van der Waals surface area contributed by atoms with Gasteiger partial charge in [0.25, 0.3) is 0 Å². The average molecular weight is 597 g/mol. The Bertz CT molecular complexity index is 1580. The lowest BCUT2D eigenvalue weighted by atomic mass is 9.87. The summed E-state index contributed by atoms with van der Waals surface area (Å²) in [6.45, 7) is 4.78. The van der Waals surface area contributed by atoms with Crippen molar-refractivity contribution in [1.82, 2.24) is 0 Å². The summed E-state index contributed by atoms with van der Waals surface area (Å²) in [5.74, 6) is 1.74. The van der Waals surface area contributed by atoms with E-state index < -0.39 is 0 Å². The van der Waals surface area contributed by atoms with Crippen LogP contribution in [0.1, 0.15) is 107 Å². The van der Waals surface area contributed by atoms with Gasteiger partial charge in [-0.15, -0.1) is 0 Å². The van der Waals surface area contributed by atoms with Crippen LogP contribution in [-0.2, 0) is 25.7 Å². The highest BCUT2D eigenvalue weighted by molar-refractivity contribution is 5.84. The van der Waals surface area contributed by atoms with Crippen LogP contribution in [0.5, 0.6) is 0 Å². The molecule has 0 saturated heterocycles. The molecule has 2 aliphatic rings. The third kappa shape index (κ3) is 10.3. The molecule has 0 spiro atoms. The van der Waals surface area contributed by atoms with Gasteiger partial charge >= 0.3 is 0 Å². The van der Waals surface area contributed by atoms with Gasteiger partial charge < -0.3 is 0 Å². The van der Waals surface area contributed by atoms with Gasteiger partial charge in [0.05, 0.1) is 0 Å². The smallest absolute Gasteiger partial charge is 0.0184 e. The van der Waals surface area contributed by atoms with E-state index in [9.17, 15) is 0 Å². The molecule has 236 valence electrons. The van der Waals surface area contributed by atoms with E-state index in [1.54, 1.807) is 0 Å². The van der Waals surface area contributed by atoms with Crippen molar-refractivity contribution in [2.75, 3.05) is 0 Å². The van der Waals surface area contributed by atoms with E-state index in [1.165, 1.54) is 140 Å². The zero-order valence-corrected chi connectivity index (χ0v) is 28.2. The van der Waals surface area contributed by atoms with Crippen LogP contribution >= 0.6 is 0 Å². The summed E-state index contributed by atoms with van der Waals surface area (Å²) in [5, 5.41) is 4.95. The van der Waals surface area contributed by atoms with Crippen LogP contribution < -0.4 is 0 Å². The molecular formula is C45H56. The minimum Gasteiger partial charge on any atom is -0.0651 e. The Morgan fingerprint density at radius 3 is 1.22 bits per heavy atom. The van der Waals surface area contributed by atoms with E-state index in [0.29, 0.717) is 0 Å². The van der Waals surface area contributed by atoms with E-state index in [2.05, 4.69) is 123 Å². The zero-order valence-electron chi connectivity index (χ0n) is 28.2. The molecule has 0 aliphatic heterocycles. The summed E-state index contributed by atoms with van der Waals surface area (Å²) in [4.78, 5) is 0. The lowest BCUT2D eigenvalue weighted by molar-refractivity contribution is 0.334. The van der Waals surface area contributed by atoms with Crippen LogP contribution in [-0.4, -0.2) is 0 Å². The largest absolute Gasteiger partial charge is 0.0651 e. The molecule has 0 N–H and O–H groups in total. The fourth-order valence-corrected chi connectivity index (χ4v) is 7.40. The molecule has 2 unspecified atom stereocenters. The molecule has 45 heavy (non-hydrogen) atoms. The first-order valence-corrected chi connectivity index (χ1v) is 18.2. The molecule has 0 heteroatoms. The van der Waals surface area contributed by atoms with Gasteiger partial charge in [0.2, 0.25) is 0 Å². The molecule has 5 rings (SSSR count). The van der Waals surface area contributed by atoms with Gasteiger partial charge in [0, 0.05) is 0 Å². The maximum Gasteiger partial charge on any atom is -0.0184 e. The van der Waals surface area contributed by atoms with E-state index >= 15 is 0 Å². The normalized spacial score (nSPS) is 17.6. The van der Waals surface area contributed by atoms with Gasteiger partial charge in [-0.25, -0.2) is 0 Å². The van der Waals surface area contributed by atoms with Crippen LogP contribution in [0.3, 0.4) is 0 Å². The molecule has 0 nitrogen and oxygen atoms in total. The molecule has 0 bridgehead atoms. The van der Waals surface area contributed by atoms with E-state index in [0.717, 1.165) is 11.8 Å². The van der Waals surface area contributed by atoms with Gasteiger partial charge in [-0.1, -0.05) is 162 Å². The van der Waals surface area contributed by atoms with Gasteiger partial charge in [-0.3, -0.25) is 0 Å². The first-order valence-electron chi connectivity index (χ1n) is 18.2. The average Bonchev–Trinajstić information content (AvgIpc) is 3.21. The van der Waals surface area contributed by atoms with Crippen molar-refractivity contribution in [2.45, 2.75) is 110 Å². The lowest BCUT2D eigenvalue weighted by Gasteiger charge is -2.19. The minimum absolute atomic E-state index is 0.850. The fraction of sp³-hybridized carbons (Fsp3) is 0.422. The molecule has 0 aromatic heterocycles. The maximum atomic E-state index is 2.43. The van der Waals surface area contributed by atoms with E-state index in [4.69, 9.17) is 0 Å². The Morgan fingerprint density at radius 2 is 0.800 bits per heavy atom. The number of fused-ring (bicyclic) bond motifs is 4. The molecule has 0 saturated carbocycles. The predicted octanol–water partition coefficient (Wildman–Crippen LogP) is 13.1. The second kappa shape index (κ2) is 17.9. The Kier molecular flexibility index (Phi) is 13.2. The summed E-state index contributed by atoms with van der Waals surface area (Å²) < 4.78 is 0. The van der Waals surface area contributed by atoms with Crippen LogP contribution in [0.4, 0.5) is 0 Å². The third-order valence-corrected chi connectivity index (χ3v) is 10.3. The highest BCUT2D eigenvalue weighted by atomic mass is 14.2. The second-order valence-electron chi connectivity index (χ2n) is 13.7. The molecule has 3 aromatic rings. The summed E-state index contributed by atoms with van der Waals surface area (Å²) in [7, 11) is 0. The quantitative estimate of drug-likeness (QED) is 0.282. The summed E-state index contributed by atoms with van der Waals surface area (Å²) in [6.07, 6.45) is 19.5. The standard InChI is InChI=1S/C45H56/c1-3-36(2)35-37-17-11-23-42-29-14-28-41-22-10-9-21-40-27-13-25-38-19-7-5-4-6-8-20-39(38)26-15-31-44(40)33-34-45(41)32-16-30-43(42)24-12-18-37/h9-10,13-16,21-22,25-34,36-37H,3-8,11-12,17-20,23-24,35H2,1-2H3. The van der Waals surface area contributed by atoms with Crippen molar-refractivity contribution in [2.24, 2.45) is 11.8 Å². The van der Waals surface area contributed by atoms with Crippen molar-refractivity contribution >= 4 is 21.5 Å². The van der Waals surface area contributed by atoms with Crippen molar-refractivity contribution < 1.29 is 0 Å². The summed E-state index contributed by atoms with van der Waals surface area (Å²) in [5.41, 5.74) is 6.10. The summed E-state index contributed by atoms with van der Waals surface area (Å²) in [6, 6.07) is 41.4. The molecule has 3 aromatic carbocycles. The van der Waals surface area contributed by atoms with Crippen molar-refractivity contribution in [3.05, 3.63) is 131 Å². The molecule has 2 aliphatic carbocycles. The topological polar surface area (TPSA) is 0 Å². The highest BCUT2D eigenvalue weighted by Gasteiger charge is 2.15. The first-order chi connectivity index (χ1) is 22.2. The Hall–Kier alpha value is -3.38. The van der Waals surface area contributed by atoms with E-state index in [1.807, 2.05) is 0 Å². The maximum absolute atomic E-state index is 2.43. The van der Waals surface area contributed by atoms with Crippen LogP contribution in [0.15, 0.2) is 109 Å².